The number of amides is 1. The van der Waals surface area contributed by atoms with Gasteiger partial charge in [-0.15, -0.1) is 5.10 Å². The number of hydrogen-bond acceptors (Lipinski definition) is 4. The zero-order valence-corrected chi connectivity index (χ0v) is 12.1. The minimum absolute atomic E-state index is 0.121. The standard InChI is InChI=1S/C14H25N5O/c15-9-4-7-13-11-19(18-17-13)10-8-14(20)16-12-5-2-1-3-6-12/h11-12H,1-10,15H2,(H,16,20). The molecule has 1 aromatic heterocycles. The minimum Gasteiger partial charge on any atom is -0.353 e. The van der Waals surface area contributed by atoms with E-state index in [-0.39, 0.29) is 5.91 Å². The van der Waals surface area contributed by atoms with Crippen molar-refractivity contribution in [1.82, 2.24) is 20.3 Å². The van der Waals surface area contributed by atoms with Crippen LogP contribution in [0.25, 0.3) is 0 Å². The monoisotopic (exact) mass is 279 g/mol. The predicted molar refractivity (Wildman–Crippen MR) is 77.0 cm³/mol. The van der Waals surface area contributed by atoms with Gasteiger partial charge in [-0.25, -0.2) is 0 Å². The van der Waals surface area contributed by atoms with E-state index < -0.39 is 0 Å². The number of carbonyl (C=O) groups is 1. The summed E-state index contributed by atoms with van der Waals surface area (Å²) in [6.45, 7) is 1.25. The first kappa shape index (κ1) is 15.0. The van der Waals surface area contributed by atoms with Gasteiger partial charge in [0.15, 0.2) is 0 Å². The van der Waals surface area contributed by atoms with Crippen LogP contribution in [0.5, 0.6) is 0 Å². The van der Waals surface area contributed by atoms with Crippen LogP contribution in [0.2, 0.25) is 0 Å². The van der Waals surface area contributed by atoms with Gasteiger partial charge >= 0.3 is 0 Å². The number of nitrogens with two attached hydrogens (primary N) is 1. The lowest BCUT2D eigenvalue weighted by Crippen LogP contribution is -2.36. The van der Waals surface area contributed by atoms with Gasteiger partial charge in [0.05, 0.1) is 12.2 Å². The van der Waals surface area contributed by atoms with Crippen molar-refractivity contribution in [2.75, 3.05) is 6.54 Å². The molecule has 3 N–H and O–H groups in total. The summed E-state index contributed by atoms with van der Waals surface area (Å²) in [7, 11) is 0. The molecule has 1 aliphatic rings. The van der Waals surface area contributed by atoms with Gasteiger partial charge in [-0.1, -0.05) is 24.5 Å². The average molecular weight is 279 g/mol. The van der Waals surface area contributed by atoms with E-state index in [9.17, 15) is 4.79 Å². The first-order chi connectivity index (χ1) is 9.78. The highest BCUT2D eigenvalue weighted by Crippen LogP contribution is 2.17. The van der Waals surface area contributed by atoms with Gasteiger partial charge in [0.1, 0.15) is 0 Å². The van der Waals surface area contributed by atoms with Gasteiger partial charge in [-0.05, 0) is 32.2 Å². The van der Waals surface area contributed by atoms with E-state index in [1.165, 1.54) is 19.3 Å². The highest BCUT2D eigenvalue weighted by Gasteiger charge is 2.15. The smallest absolute Gasteiger partial charge is 0.222 e. The number of hydrogen-bond donors (Lipinski definition) is 2. The maximum absolute atomic E-state index is 11.9. The second kappa shape index (κ2) is 7.99. The van der Waals surface area contributed by atoms with Gasteiger partial charge in [0.2, 0.25) is 5.91 Å². The molecule has 0 bridgehead atoms. The van der Waals surface area contributed by atoms with Gasteiger partial charge in [0.25, 0.3) is 0 Å². The van der Waals surface area contributed by atoms with Crippen LogP contribution in [0, 0.1) is 0 Å². The fourth-order valence-corrected chi connectivity index (χ4v) is 2.61. The van der Waals surface area contributed by atoms with E-state index in [0.29, 0.717) is 25.6 Å². The van der Waals surface area contributed by atoms with E-state index in [1.54, 1.807) is 4.68 Å². The molecule has 0 aromatic carbocycles. The van der Waals surface area contributed by atoms with Crippen molar-refractivity contribution in [1.29, 1.82) is 0 Å². The van der Waals surface area contributed by atoms with Crippen LogP contribution in [0.1, 0.15) is 50.6 Å². The van der Waals surface area contributed by atoms with Crippen molar-refractivity contribution >= 4 is 5.91 Å². The molecule has 1 heterocycles. The lowest BCUT2D eigenvalue weighted by Gasteiger charge is -2.22. The molecule has 0 unspecified atom stereocenters. The summed E-state index contributed by atoms with van der Waals surface area (Å²) in [5.74, 6) is 0.121. The summed E-state index contributed by atoms with van der Waals surface area (Å²) in [6.07, 6.45) is 10.2. The number of aryl methyl sites for hydroxylation is 2. The molecule has 0 spiro atoms. The Balaban J connectivity index is 1.68. The van der Waals surface area contributed by atoms with Crippen LogP contribution < -0.4 is 11.1 Å². The van der Waals surface area contributed by atoms with Crippen LogP contribution in [0.3, 0.4) is 0 Å². The Labute approximate surface area is 120 Å². The molecule has 0 saturated heterocycles. The zero-order valence-electron chi connectivity index (χ0n) is 12.1. The quantitative estimate of drug-likeness (QED) is 0.780. The third-order valence-electron chi connectivity index (χ3n) is 3.76. The Morgan fingerprint density at radius 2 is 2.20 bits per heavy atom. The molecule has 2 rings (SSSR count). The molecule has 20 heavy (non-hydrogen) atoms. The van der Waals surface area contributed by atoms with Crippen LogP contribution in [0.15, 0.2) is 6.20 Å². The predicted octanol–water partition coefficient (Wildman–Crippen LogP) is 1.01. The molecule has 6 heteroatoms. The van der Waals surface area contributed by atoms with Gasteiger partial charge < -0.3 is 11.1 Å². The fourth-order valence-electron chi connectivity index (χ4n) is 2.61. The number of rotatable bonds is 7. The van der Waals surface area contributed by atoms with E-state index in [2.05, 4.69) is 15.6 Å². The molecular formula is C14H25N5O. The lowest BCUT2D eigenvalue weighted by atomic mass is 9.95. The van der Waals surface area contributed by atoms with Crippen LogP contribution in [0.4, 0.5) is 0 Å². The molecule has 1 amide bonds. The summed E-state index contributed by atoms with van der Waals surface area (Å²) in [4.78, 5) is 11.9. The normalized spacial score (nSPS) is 16.2. The number of carbonyl (C=O) groups excluding carboxylic acids is 1. The molecule has 112 valence electrons. The third-order valence-corrected chi connectivity index (χ3v) is 3.76. The van der Waals surface area contributed by atoms with Gasteiger partial charge in [-0.3, -0.25) is 9.48 Å². The van der Waals surface area contributed by atoms with Gasteiger partial charge in [0, 0.05) is 18.7 Å². The summed E-state index contributed by atoms with van der Waals surface area (Å²) in [5.41, 5.74) is 6.41. The maximum Gasteiger partial charge on any atom is 0.222 e. The largest absolute Gasteiger partial charge is 0.353 e. The molecule has 6 nitrogen and oxygen atoms in total. The topological polar surface area (TPSA) is 85.8 Å². The van der Waals surface area contributed by atoms with Crippen molar-refractivity contribution in [3.63, 3.8) is 0 Å². The number of nitrogens with one attached hydrogen (secondary N) is 1. The lowest BCUT2D eigenvalue weighted by molar-refractivity contribution is -0.122. The van der Waals surface area contributed by atoms with Crippen molar-refractivity contribution < 1.29 is 4.79 Å². The third kappa shape index (κ3) is 4.92. The molecule has 0 atom stereocenters. The second-order valence-electron chi connectivity index (χ2n) is 5.52. The zero-order chi connectivity index (χ0) is 14.2. The van der Waals surface area contributed by atoms with Gasteiger partial charge in [-0.2, -0.15) is 0 Å². The maximum atomic E-state index is 11.9. The minimum atomic E-state index is 0.121. The second-order valence-corrected chi connectivity index (χ2v) is 5.52. The molecule has 0 radical (unpaired) electrons. The Morgan fingerprint density at radius 3 is 2.95 bits per heavy atom. The van der Waals surface area contributed by atoms with Crippen molar-refractivity contribution in [3.8, 4) is 0 Å². The molecule has 0 aliphatic heterocycles. The van der Waals surface area contributed by atoms with E-state index >= 15 is 0 Å². The highest BCUT2D eigenvalue weighted by molar-refractivity contribution is 5.76. The first-order valence-corrected chi connectivity index (χ1v) is 7.66. The molecule has 1 saturated carbocycles. The molecule has 1 aromatic rings. The van der Waals surface area contributed by atoms with E-state index in [1.807, 2.05) is 6.20 Å². The fraction of sp³-hybridized carbons (Fsp3) is 0.786. The SMILES string of the molecule is NCCCc1cn(CCC(=O)NC2CCCCC2)nn1. The first-order valence-electron chi connectivity index (χ1n) is 7.66. The summed E-state index contributed by atoms with van der Waals surface area (Å²) in [5, 5.41) is 11.2. The average Bonchev–Trinajstić information content (AvgIpc) is 2.92. The van der Waals surface area contributed by atoms with Crippen molar-refractivity contribution in [2.24, 2.45) is 5.73 Å². The van der Waals surface area contributed by atoms with E-state index in [4.69, 9.17) is 5.73 Å². The molecule has 1 fully saturated rings. The Bertz CT molecular complexity index is 411. The van der Waals surface area contributed by atoms with Crippen molar-refractivity contribution in [2.45, 2.75) is 64.0 Å². The molecule has 1 aliphatic carbocycles. The van der Waals surface area contributed by atoms with Crippen LogP contribution >= 0.6 is 0 Å². The summed E-state index contributed by atoms with van der Waals surface area (Å²) < 4.78 is 1.74. The van der Waals surface area contributed by atoms with Crippen LogP contribution in [-0.4, -0.2) is 33.5 Å². The summed E-state index contributed by atoms with van der Waals surface area (Å²) in [6, 6.07) is 0.382. The Kier molecular flexibility index (Phi) is 5.98. The Hall–Kier alpha value is -1.43. The molecular weight excluding hydrogens is 254 g/mol. The Morgan fingerprint density at radius 1 is 1.40 bits per heavy atom. The van der Waals surface area contributed by atoms with E-state index in [0.717, 1.165) is 31.4 Å². The number of aromatic nitrogens is 3. The summed E-state index contributed by atoms with van der Waals surface area (Å²) >= 11 is 0. The van der Waals surface area contributed by atoms with Crippen LogP contribution in [-0.2, 0) is 17.8 Å². The highest BCUT2D eigenvalue weighted by atomic mass is 16.1. The number of nitrogens with zero attached hydrogens (tertiary/aromatic N) is 3. The van der Waals surface area contributed by atoms with Crippen molar-refractivity contribution in [3.05, 3.63) is 11.9 Å².